The average Bonchev–Trinajstić information content (AvgIpc) is 3.00. The summed E-state index contributed by atoms with van der Waals surface area (Å²) in [6, 6.07) is 18.7. The third-order valence-electron chi connectivity index (χ3n) is 3.80. The number of nitrogens with zero attached hydrogens (tertiary/aromatic N) is 1. The molecule has 0 amide bonds. The summed E-state index contributed by atoms with van der Waals surface area (Å²) in [4.78, 5) is 2.27. The Labute approximate surface area is 153 Å². The number of hydrogen-bond acceptors (Lipinski definition) is 3. The highest BCUT2D eigenvalue weighted by Gasteiger charge is 2.21. The van der Waals surface area contributed by atoms with Crippen molar-refractivity contribution in [1.29, 1.82) is 0 Å². The van der Waals surface area contributed by atoms with E-state index in [0.29, 0.717) is 6.42 Å². The van der Waals surface area contributed by atoms with Crippen molar-refractivity contribution in [3.8, 4) is 0 Å². The molecule has 0 fully saturated rings. The van der Waals surface area contributed by atoms with E-state index in [2.05, 4.69) is 6.58 Å². The Morgan fingerprint density at radius 2 is 1.72 bits per heavy atom. The lowest BCUT2D eigenvalue weighted by atomic mass is 10.2. The van der Waals surface area contributed by atoms with Gasteiger partial charge in [-0.05, 0) is 37.3 Å². The largest absolute Gasteiger partial charge is 0.267 e. The van der Waals surface area contributed by atoms with Gasteiger partial charge < -0.3 is 0 Å². The monoisotopic (exact) mass is 369 g/mol. The maximum absolute atomic E-state index is 13.0. The van der Waals surface area contributed by atoms with E-state index in [1.165, 1.54) is 3.97 Å². The number of allylic oxidation sites excluding steroid dienone is 1. The van der Waals surface area contributed by atoms with E-state index in [0.717, 1.165) is 21.0 Å². The summed E-state index contributed by atoms with van der Waals surface area (Å²) in [6.07, 6.45) is 3.83. The Bertz CT molecular complexity index is 972. The van der Waals surface area contributed by atoms with Crippen molar-refractivity contribution in [2.24, 2.45) is 0 Å². The van der Waals surface area contributed by atoms with Gasteiger partial charge in [-0.25, -0.2) is 12.4 Å². The van der Waals surface area contributed by atoms with Crippen molar-refractivity contribution in [2.75, 3.05) is 0 Å². The summed E-state index contributed by atoms with van der Waals surface area (Å²) in [5.41, 5.74) is 1.75. The van der Waals surface area contributed by atoms with Gasteiger partial charge in [-0.15, -0.1) is 6.58 Å². The van der Waals surface area contributed by atoms with Crippen LogP contribution in [0.2, 0.25) is 0 Å². The minimum atomic E-state index is -3.62. The summed E-state index contributed by atoms with van der Waals surface area (Å²) in [5, 5.41) is 0. The predicted octanol–water partition coefficient (Wildman–Crippen LogP) is 4.91. The van der Waals surface area contributed by atoms with Crippen LogP contribution in [0.1, 0.15) is 11.3 Å². The first-order chi connectivity index (χ1) is 12.0. The first-order valence-corrected chi connectivity index (χ1v) is 10.1. The Hall–Kier alpha value is -2.24. The van der Waals surface area contributed by atoms with E-state index in [4.69, 9.17) is 0 Å². The van der Waals surface area contributed by atoms with E-state index in [1.54, 1.807) is 36.2 Å². The molecule has 0 bridgehead atoms. The van der Waals surface area contributed by atoms with Gasteiger partial charge in [0.15, 0.2) is 0 Å². The van der Waals surface area contributed by atoms with Crippen LogP contribution in [0.4, 0.5) is 0 Å². The van der Waals surface area contributed by atoms with Crippen LogP contribution in [-0.2, 0) is 16.4 Å². The Kier molecular flexibility index (Phi) is 5.16. The van der Waals surface area contributed by atoms with E-state index < -0.39 is 10.0 Å². The molecule has 0 aliphatic heterocycles. The van der Waals surface area contributed by atoms with Gasteiger partial charge in [-0.2, -0.15) is 0 Å². The summed E-state index contributed by atoms with van der Waals surface area (Å²) in [6.45, 7) is 5.71. The zero-order valence-corrected chi connectivity index (χ0v) is 15.6. The van der Waals surface area contributed by atoms with Crippen LogP contribution < -0.4 is 0 Å². The van der Waals surface area contributed by atoms with Crippen LogP contribution in [0.3, 0.4) is 0 Å². The van der Waals surface area contributed by atoms with Gasteiger partial charge in [-0.3, -0.25) is 0 Å². The van der Waals surface area contributed by atoms with E-state index >= 15 is 0 Å². The molecule has 2 aromatic carbocycles. The van der Waals surface area contributed by atoms with E-state index in [1.807, 2.05) is 55.5 Å². The fourth-order valence-electron chi connectivity index (χ4n) is 2.51. The second kappa shape index (κ2) is 7.33. The highest BCUT2D eigenvalue weighted by Crippen LogP contribution is 2.33. The average molecular weight is 370 g/mol. The molecule has 3 rings (SSSR count). The standard InChI is InChI=1S/C20H19NO2S2/c1-3-7-19-20(24-17-8-5-4-6-9-17)14-15-21(19)25(22,23)18-12-10-16(2)11-13-18/h3-6,8-15H,1,7H2,2H3. The molecule has 1 heterocycles. The van der Waals surface area contributed by atoms with Gasteiger partial charge in [-0.1, -0.05) is 53.7 Å². The first-order valence-electron chi connectivity index (χ1n) is 7.88. The lowest BCUT2D eigenvalue weighted by Crippen LogP contribution is -2.15. The smallest absolute Gasteiger partial charge is 0.244 e. The molecule has 0 N–H and O–H groups in total. The number of rotatable bonds is 6. The van der Waals surface area contributed by atoms with Gasteiger partial charge in [0.2, 0.25) is 0 Å². The summed E-state index contributed by atoms with van der Waals surface area (Å²) in [7, 11) is -3.62. The van der Waals surface area contributed by atoms with Crippen molar-refractivity contribution >= 4 is 21.8 Å². The molecule has 3 nitrogen and oxygen atoms in total. The second-order valence-corrected chi connectivity index (χ2v) is 8.58. The zero-order valence-electron chi connectivity index (χ0n) is 13.9. The molecule has 0 saturated carbocycles. The van der Waals surface area contributed by atoms with Gasteiger partial charge in [0.05, 0.1) is 10.6 Å². The molecule has 0 aliphatic rings. The van der Waals surface area contributed by atoms with Crippen molar-refractivity contribution in [3.63, 3.8) is 0 Å². The maximum Gasteiger partial charge on any atom is 0.267 e. The highest BCUT2D eigenvalue weighted by atomic mass is 32.2. The van der Waals surface area contributed by atoms with Crippen LogP contribution in [0.15, 0.2) is 94.2 Å². The van der Waals surface area contributed by atoms with Crippen LogP contribution in [0, 0.1) is 6.92 Å². The molecule has 0 radical (unpaired) electrons. The van der Waals surface area contributed by atoms with E-state index in [9.17, 15) is 8.42 Å². The molecule has 0 saturated heterocycles. The van der Waals surface area contributed by atoms with Crippen molar-refractivity contribution in [2.45, 2.75) is 28.0 Å². The quantitative estimate of drug-likeness (QED) is 0.579. The van der Waals surface area contributed by atoms with Gasteiger partial charge in [0, 0.05) is 22.4 Å². The molecular weight excluding hydrogens is 350 g/mol. The fraction of sp³-hybridized carbons (Fsp3) is 0.100. The van der Waals surface area contributed by atoms with Crippen molar-refractivity contribution in [1.82, 2.24) is 3.97 Å². The fourth-order valence-corrected chi connectivity index (χ4v) is 4.94. The minimum absolute atomic E-state index is 0.287. The van der Waals surface area contributed by atoms with Crippen molar-refractivity contribution in [3.05, 3.63) is 90.8 Å². The third kappa shape index (κ3) is 3.72. The maximum atomic E-state index is 13.0. The summed E-state index contributed by atoms with van der Waals surface area (Å²) in [5.74, 6) is 0. The molecular formula is C20H19NO2S2. The van der Waals surface area contributed by atoms with Gasteiger partial charge >= 0.3 is 0 Å². The molecule has 0 spiro atoms. The van der Waals surface area contributed by atoms with Crippen LogP contribution >= 0.6 is 11.8 Å². The van der Waals surface area contributed by atoms with E-state index in [-0.39, 0.29) is 4.90 Å². The summed E-state index contributed by atoms with van der Waals surface area (Å²) < 4.78 is 27.4. The molecule has 1 aromatic heterocycles. The first kappa shape index (κ1) is 17.6. The second-order valence-electron chi connectivity index (χ2n) is 5.65. The topological polar surface area (TPSA) is 39.1 Å². The molecule has 25 heavy (non-hydrogen) atoms. The predicted molar refractivity (Wildman–Crippen MR) is 103 cm³/mol. The molecule has 128 valence electrons. The number of hydrogen-bond donors (Lipinski definition) is 0. The SMILES string of the molecule is C=CCc1c(Sc2ccccc2)ccn1S(=O)(=O)c1ccc(C)cc1. The van der Waals surface area contributed by atoms with Crippen molar-refractivity contribution < 1.29 is 8.42 Å². The Morgan fingerprint density at radius 3 is 2.36 bits per heavy atom. The molecule has 0 aliphatic carbocycles. The molecule has 5 heteroatoms. The number of aryl methyl sites for hydroxylation is 1. The normalized spacial score (nSPS) is 11.4. The number of aromatic nitrogens is 1. The third-order valence-corrected chi connectivity index (χ3v) is 6.63. The van der Waals surface area contributed by atoms with Crippen LogP contribution in [0.5, 0.6) is 0 Å². The van der Waals surface area contributed by atoms with Crippen LogP contribution in [0.25, 0.3) is 0 Å². The molecule has 0 atom stereocenters. The minimum Gasteiger partial charge on any atom is -0.244 e. The zero-order chi connectivity index (χ0) is 17.9. The van der Waals surface area contributed by atoms with Gasteiger partial charge in [0.1, 0.15) is 0 Å². The van der Waals surface area contributed by atoms with Crippen LogP contribution in [-0.4, -0.2) is 12.4 Å². The Balaban J connectivity index is 2.04. The van der Waals surface area contributed by atoms with Gasteiger partial charge in [0.25, 0.3) is 10.0 Å². The lowest BCUT2D eigenvalue weighted by molar-refractivity contribution is 0.585. The number of benzene rings is 2. The Morgan fingerprint density at radius 1 is 1.04 bits per heavy atom. The highest BCUT2D eigenvalue weighted by molar-refractivity contribution is 7.99. The lowest BCUT2D eigenvalue weighted by Gasteiger charge is -2.11. The summed E-state index contributed by atoms with van der Waals surface area (Å²) >= 11 is 1.56. The molecule has 0 unspecified atom stereocenters. The molecule has 3 aromatic rings.